The van der Waals surface area contributed by atoms with E-state index in [1.54, 1.807) is 6.08 Å². The van der Waals surface area contributed by atoms with Crippen LogP contribution in [0.1, 0.15) is 37.4 Å². The predicted octanol–water partition coefficient (Wildman–Crippen LogP) is 4.03. The molecule has 0 N–H and O–H groups in total. The van der Waals surface area contributed by atoms with Crippen LogP contribution in [-0.4, -0.2) is 55.7 Å². The number of carbonyl (C=O) groups is 1. The van der Waals surface area contributed by atoms with E-state index in [4.69, 9.17) is 5.10 Å². The van der Waals surface area contributed by atoms with E-state index in [0.717, 1.165) is 54.0 Å². The molecule has 0 aliphatic carbocycles. The SMILES string of the molecule is CCN1CC=C(C2=CN3C(=O)C=C(c4cc5c(C)nc(C)cn5n4)PC3C(C)=C2)CC1. The maximum absolute atomic E-state index is 13.1. The van der Waals surface area contributed by atoms with Crippen LogP contribution in [0.4, 0.5) is 0 Å². The normalized spacial score (nSPS) is 22.9. The van der Waals surface area contributed by atoms with Gasteiger partial charge in [-0.25, -0.2) is 4.52 Å². The molecule has 5 heterocycles. The minimum Gasteiger partial charge on any atom is -0.304 e. The molecule has 0 radical (unpaired) electrons. The van der Waals surface area contributed by atoms with Crippen LogP contribution in [0.3, 0.4) is 0 Å². The highest BCUT2D eigenvalue weighted by Crippen LogP contribution is 2.47. The van der Waals surface area contributed by atoms with Gasteiger partial charge in [-0.1, -0.05) is 27.7 Å². The number of hydrogen-bond acceptors (Lipinski definition) is 4. The number of rotatable bonds is 3. The fourth-order valence-corrected chi connectivity index (χ4v) is 6.00. The van der Waals surface area contributed by atoms with Crippen molar-refractivity contribution in [3.8, 4) is 0 Å². The summed E-state index contributed by atoms with van der Waals surface area (Å²) in [6, 6.07) is 2.05. The van der Waals surface area contributed by atoms with Crippen LogP contribution in [0.15, 0.2) is 53.4 Å². The Balaban J connectivity index is 1.45. The average Bonchev–Trinajstić information content (AvgIpc) is 3.18. The first-order valence-corrected chi connectivity index (χ1v) is 12.0. The Labute approximate surface area is 184 Å². The topological polar surface area (TPSA) is 53.7 Å². The number of aryl methyl sites for hydroxylation is 2. The first kappa shape index (κ1) is 20.3. The summed E-state index contributed by atoms with van der Waals surface area (Å²) in [6.07, 6.45) is 11.4. The Hall–Kier alpha value is -2.56. The minimum atomic E-state index is 0.0402. The van der Waals surface area contributed by atoms with Crippen LogP contribution in [0.25, 0.3) is 10.8 Å². The maximum Gasteiger partial charge on any atom is 0.252 e. The van der Waals surface area contributed by atoms with Gasteiger partial charge >= 0.3 is 0 Å². The van der Waals surface area contributed by atoms with Crippen LogP contribution in [0.5, 0.6) is 0 Å². The molecule has 160 valence electrons. The summed E-state index contributed by atoms with van der Waals surface area (Å²) in [5.74, 6) is 0.122. The molecule has 2 aromatic heterocycles. The van der Waals surface area contributed by atoms with E-state index in [9.17, 15) is 4.79 Å². The van der Waals surface area contributed by atoms with Crippen molar-refractivity contribution < 1.29 is 4.79 Å². The highest BCUT2D eigenvalue weighted by Gasteiger charge is 2.33. The third kappa shape index (κ3) is 3.68. The molecule has 2 aromatic rings. The molecule has 2 atom stereocenters. The van der Waals surface area contributed by atoms with Gasteiger partial charge in [0.2, 0.25) is 0 Å². The number of aromatic nitrogens is 3. The van der Waals surface area contributed by atoms with Crippen molar-refractivity contribution in [2.24, 2.45) is 0 Å². The number of likely N-dealkylation sites (N-methyl/N-ethyl adjacent to an activating group) is 1. The highest BCUT2D eigenvalue weighted by molar-refractivity contribution is 7.51. The second kappa shape index (κ2) is 7.85. The van der Waals surface area contributed by atoms with Gasteiger partial charge < -0.3 is 4.90 Å². The summed E-state index contributed by atoms with van der Waals surface area (Å²) in [5.41, 5.74) is 7.53. The smallest absolute Gasteiger partial charge is 0.252 e. The molecule has 2 unspecified atom stereocenters. The molecule has 1 amide bonds. The van der Waals surface area contributed by atoms with Gasteiger partial charge in [0, 0.05) is 30.7 Å². The van der Waals surface area contributed by atoms with Gasteiger partial charge in [0.15, 0.2) is 0 Å². The second-order valence-corrected chi connectivity index (χ2v) is 9.90. The average molecular weight is 433 g/mol. The summed E-state index contributed by atoms with van der Waals surface area (Å²) < 4.78 is 1.88. The minimum absolute atomic E-state index is 0.0402. The van der Waals surface area contributed by atoms with Gasteiger partial charge in [-0.3, -0.25) is 14.7 Å². The summed E-state index contributed by atoms with van der Waals surface area (Å²) in [7, 11) is 0.469. The quantitative estimate of drug-likeness (QED) is 0.686. The number of amides is 1. The van der Waals surface area contributed by atoms with E-state index >= 15 is 0 Å². The van der Waals surface area contributed by atoms with Crippen LogP contribution in [0, 0.1) is 13.8 Å². The van der Waals surface area contributed by atoms with E-state index in [0.29, 0.717) is 8.58 Å². The van der Waals surface area contributed by atoms with Gasteiger partial charge in [-0.15, -0.1) is 0 Å². The van der Waals surface area contributed by atoms with E-state index < -0.39 is 0 Å². The van der Waals surface area contributed by atoms with Crippen molar-refractivity contribution in [3.63, 3.8) is 0 Å². The molecule has 0 saturated carbocycles. The highest BCUT2D eigenvalue weighted by atomic mass is 31.1. The number of carbonyl (C=O) groups excluding carboxylic acids is 1. The number of allylic oxidation sites excluding steroid dienone is 2. The largest absolute Gasteiger partial charge is 0.304 e. The number of fused-ring (bicyclic) bond motifs is 2. The first-order valence-electron chi connectivity index (χ1n) is 10.9. The van der Waals surface area contributed by atoms with E-state index in [1.165, 1.54) is 16.7 Å². The monoisotopic (exact) mass is 433 g/mol. The molecule has 7 heteroatoms. The van der Waals surface area contributed by atoms with E-state index in [1.807, 2.05) is 29.5 Å². The summed E-state index contributed by atoms with van der Waals surface area (Å²) in [5, 5.41) is 5.78. The summed E-state index contributed by atoms with van der Waals surface area (Å²) in [4.78, 5) is 22.0. The zero-order valence-electron chi connectivity index (χ0n) is 18.5. The lowest BCUT2D eigenvalue weighted by Crippen LogP contribution is -2.38. The molecule has 0 spiro atoms. The van der Waals surface area contributed by atoms with E-state index in [2.05, 4.69) is 48.1 Å². The molecule has 31 heavy (non-hydrogen) atoms. The van der Waals surface area contributed by atoms with Gasteiger partial charge in [-0.2, -0.15) is 5.10 Å². The molecule has 0 saturated heterocycles. The third-order valence-corrected chi connectivity index (χ3v) is 8.05. The lowest BCUT2D eigenvalue weighted by atomic mass is 9.96. The molecule has 3 aliphatic rings. The van der Waals surface area contributed by atoms with E-state index in [-0.39, 0.29) is 11.7 Å². The van der Waals surface area contributed by atoms with Gasteiger partial charge in [-0.05, 0) is 56.5 Å². The Kier molecular flexibility index (Phi) is 5.15. The van der Waals surface area contributed by atoms with Crippen molar-refractivity contribution in [1.82, 2.24) is 24.4 Å². The van der Waals surface area contributed by atoms with Crippen LogP contribution in [0.2, 0.25) is 0 Å². The molecule has 0 bridgehead atoms. The van der Waals surface area contributed by atoms with Crippen LogP contribution < -0.4 is 0 Å². The predicted molar refractivity (Wildman–Crippen MR) is 126 cm³/mol. The molecular weight excluding hydrogens is 405 g/mol. The molecule has 0 fully saturated rings. The van der Waals surface area contributed by atoms with Crippen molar-refractivity contribution in [2.75, 3.05) is 19.6 Å². The third-order valence-electron chi connectivity index (χ3n) is 6.33. The standard InChI is InChI=1S/C24H28N5OP/c1-5-27-8-6-18(7-9-27)19-10-15(2)24-28(14-19)23(30)12-22(31-24)20-11-21-17(4)25-16(3)13-29(21)26-20/h6,10-14,24,31H,5,7-9H2,1-4H3. The zero-order valence-corrected chi connectivity index (χ0v) is 19.5. The molecule has 0 aromatic carbocycles. The number of nitrogens with zero attached hydrogens (tertiary/aromatic N) is 5. The van der Waals surface area contributed by atoms with Gasteiger partial charge in [0.1, 0.15) is 0 Å². The summed E-state index contributed by atoms with van der Waals surface area (Å²) in [6.45, 7) is 11.5. The van der Waals surface area contributed by atoms with Crippen molar-refractivity contribution in [3.05, 3.63) is 70.5 Å². The molecular formula is C24H28N5OP. The Morgan fingerprint density at radius 2 is 2.06 bits per heavy atom. The lowest BCUT2D eigenvalue weighted by molar-refractivity contribution is -0.123. The Bertz CT molecular complexity index is 1200. The van der Waals surface area contributed by atoms with Crippen molar-refractivity contribution in [1.29, 1.82) is 0 Å². The molecule has 6 nitrogen and oxygen atoms in total. The van der Waals surface area contributed by atoms with Crippen LogP contribution in [-0.2, 0) is 4.79 Å². The Morgan fingerprint density at radius 3 is 2.81 bits per heavy atom. The van der Waals surface area contributed by atoms with Gasteiger partial charge in [0.05, 0.1) is 34.6 Å². The zero-order chi connectivity index (χ0) is 21.7. The lowest BCUT2D eigenvalue weighted by Gasteiger charge is -2.37. The van der Waals surface area contributed by atoms with Gasteiger partial charge in [0.25, 0.3) is 5.91 Å². The van der Waals surface area contributed by atoms with Crippen molar-refractivity contribution >= 4 is 25.3 Å². The number of hydrogen-bond donors (Lipinski definition) is 0. The first-order chi connectivity index (χ1) is 14.9. The summed E-state index contributed by atoms with van der Waals surface area (Å²) >= 11 is 0. The van der Waals surface area contributed by atoms with Crippen LogP contribution >= 0.6 is 8.58 Å². The maximum atomic E-state index is 13.1. The fourth-order valence-electron chi connectivity index (χ4n) is 4.57. The van der Waals surface area contributed by atoms with Crippen molar-refractivity contribution in [2.45, 2.75) is 39.9 Å². The fraction of sp³-hybridized carbons (Fsp3) is 0.375. The molecule has 3 aliphatic heterocycles. The Morgan fingerprint density at radius 1 is 1.23 bits per heavy atom. The molecule has 5 rings (SSSR count). The second-order valence-electron chi connectivity index (χ2n) is 8.52.